The Bertz CT molecular complexity index is 486. The Morgan fingerprint density at radius 3 is 2.81 bits per heavy atom. The lowest BCUT2D eigenvalue weighted by Crippen LogP contribution is -2.44. The van der Waals surface area contributed by atoms with Gasteiger partial charge in [-0.05, 0) is 24.6 Å². The molecular formula is C12H15N3S. The number of fused-ring (bicyclic) bond motifs is 1. The standard InChI is InChI=1S/C12H15N3S/c1-14-5-7-15(8-6-14)11-2-4-13-12-10(11)3-9-16-12/h2-4,9H,5-8H2,1H3. The molecule has 1 aliphatic heterocycles. The molecule has 1 aliphatic rings. The summed E-state index contributed by atoms with van der Waals surface area (Å²) in [5, 5.41) is 3.43. The average molecular weight is 233 g/mol. The van der Waals surface area contributed by atoms with Crippen LogP contribution in [0.3, 0.4) is 0 Å². The summed E-state index contributed by atoms with van der Waals surface area (Å²) in [4.78, 5) is 10.4. The number of likely N-dealkylation sites (N-methyl/N-ethyl adjacent to an activating group) is 1. The molecule has 3 nitrogen and oxygen atoms in total. The number of hydrogen-bond acceptors (Lipinski definition) is 4. The van der Waals surface area contributed by atoms with Crippen molar-refractivity contribution in [3.8, 4) is 0 Å². The molecule has 0 bridgehead atoms. The summed E-state index contributed by atoms with van der Waals surface area (Å²) in [6.07, 6.45) is 1.92. The number of nitrogens with zero attached hydrogens (tertiary/aromatic N) is 3. The average Bonchev–Trinajstić information content (AvgIpc) is 2.78. The van der Waals surface area contributed by atoms with Gasteiger partial charge in [0.05, 0.1) is 0 Å². The van der Waals surface area contributed by atoms with E-state index >= 15 is 0 Å². The van der Waals surface area contributed by atoms with Gasteiger partial charge in [-0.25, -0.2) is 4.98 Å². The van der Waals surface area contributed by atoms with E-state index < -0.39 is 0 Å². The lowest BCUT2D eigenvalue weighted by Gasteiger charge is -2.34. The molecule has 0 unspecified atom stereocenters. The number of piperazine rings is 1. The summed E-state index contributed by atoms with van der Waals surface area (Å²) in [5.74, 6) is 0. The summed E-state index contributed by atoms with van der Waals surface area (Å²) in [7, 11) is 2.18. The third-order valence-corrected chi connectivity index (χ3v) is 4.01. The molecule has 16 heavy (non-hydrogen) atoms. The Hall–Kier alpha value is -1.13. The van der Waals surface area contributed by atoms with E-state index in [4.69, 9.17) is 0 Å². The fourth-order valence-electron chi connectivity index (χ4n) is 2.18. The summed E-state index contributed by atoms with van der Waals surface area (Å²) >= 11 is 1.72. The van der Waals surface area contributed by atoms with Crippen LogP contribution in [0.25, 0.3) is 10.2 Å². The highest BCUT2D eigenvalue weighted by Gasteiger charge is 2.16. The summed E-state index contributed by atoms with van der Waals surface area (Å²) in [5.41, 5.74) is 1.35. The second-order valence-electron chi connectivity index (χ2n) is 4.26. The van der Waals surface area contributed by atoms with Crippen LogP contribution in [-0.4, -0.2) is 43.1 Å². The van der Waals surface area contributed by atoms with Crippen molar-refractivity contribution < 1.29 is 0 Å². The van der Waals surface area contributed by atoms with Crippen molar-refractivity contribution in [2.45, 2.75) is 0 Å². The van der Waals surface area contributed by atoms with Gasteiger partial charge in [-0.2, -0.15) is 0 Å². The fraction of sp³-hybridized carbons (Fsp3) is 0.417. The molecule has 2 aromatic rings. The van der Waals surface area contributed by atoms with Gasteiger partial charge in [-0.3, -0.25) is 0 Å². The second-order valence-corrected chi connectivity index (χ2v) is 5.15. The Morgan fingerprint density at radius 1 is 1.19 bits per heavy atom. The van der Waals surface area contributed by atoms with Crippen molar-refractivity contribution in [3.05, 3.63) is 23.7 Å². The minimum Gasteiger partial charge on any atom is -0.368 e. The predicted octanol–water partition coefficient (Wildman–Crippen LogP) is 2.05. The lowest BCUT2D eigenvalue weighted by molar-refractivity contribution is 0.313. The van der Waals surface area contributed by atoms with E-state index in [1.54, 1.807) is 11.3 Å². The zero-order valence-electron chi connectivity index (χ0n) is 9.39. The van der Waals surface area contributed by atoms with Crippen LogP contribution in [0.15, 0.2) is 23.7 Å². The molecule has 0 aliphatic carbocycles. The Kier molecular flexibility index (Phi) is 2.53. The number of hydrogen-bond donors (Lipinski definition) is 0. The predicted molar refractivity (Wildman–Crippen MR) is 69.3 cm³/mol. The molecule has 0 saturated carbocycles. The first-order valence-electron chi connectivity index (χ1n) is 5.60. The number of rotatable bonds is 1. The summed E-state index contributed by atoms with van der Waals surface area (Å²) in [6, 6.07) is 4.32. The number of anilines is 1. The monoisotopic (exact) mass is 233 g/mol. The van der Waals surface area contributed by atoms with E-state index in [0.29, 0.717) is 0 Å². The van der Waals surface area contributed by atoms with Gasteiger partial charge in [0.1, 0.15) is 4.83 Å². The van der Waals surface area contributed by atoms with Gasteiger partial charge < -0.3 is 9.80 Å². The first-order valence-corrected chi connectivity index (χ1v) is 6.48. The van der Waals surface area contributed by atoms with Crippen LogP contribution in [0.4, 0.5) is 5.69 Å². The van der Waals surface area contributed by atoms with Gasteiger partial charge >= 0.3 is 0 Å². The van der Waals surface area contributed by atoms with Gasteiger partial charge in [0, 0.05) is 43.4 Å². The molecule has 0 N–H and O–H groups in total. The van der Waals surface area contributed by atoms with Crippen molar-refractivity contribution in [2.24, 2.45) is 0 Å². The quantitative estimate of drug-likeness (QED) is 0.751. The molecule has 84 valence electrons. The highest BCUT2D eigenvalue weighted by Crippen LogP contribution is 2.29. The molecule has 3 heterocycles. The van der Waals surface area contributed by atoms with Crippen LogP contribution in [0.2, 0.25) is 0 Å². The van der Waals surface area contributed by atoms with Crippen molar-refractivity contribution >= 4 is 27.2 Å². The van der Waals surface area contributed by atoms with Crippen molar-refractivity contribution in [3.63, 3.8) is 0 Å². The first kappa shape index (κ1) is 10.1. The van der Waals surface area contributed by atoms with E-state index in [-0.39, 0.29) is 0 Å². The molecule has 0 amide bonds. The zero-order chi connectivity index (χ0) is 11.0. The largest absolute Gasteiger partial charge is 0.368 e. The van der Waals surface area contributed by atoms with Gasteiger partial charge in [0.15, 0.2) is 0 Å². The third kappa shape index (κ3) is 1.68. The van der Waals surface area contributed by atoms with Crippen LogP contribution in [0.5, 0.6) is 0 Å². The third-order valence-electron chi connectivity index (χ3n) is 3.19. The Balaban J connectivity index is 1.96. The van der Waals surface area contributed by atoms with E-state index in [0.717, 1.165) is 31.0 Å². The van der Waals surface area contributed by atoms with Gasteiger partial charge in [-0.1, -0.05) is 0 Å². The maximum absolute atomic E-state index is 4.39. The van der Waals surface area contributed by atoms with Crippen LogP contribution >= 0.6 is 11.3 Å². The minimum atomic E-state index is 1.12. The smallest absolute Gasteiger partial charge is 0.125 e. The van der Waals surface area contributed by atoms with E-state index in [1.807, 2.05) is 6.20 Å². The Labute approximate surface area is 99.3 Å². The zero-order valence-corrected chi connectivity index (χ0v) is 10.2. The van der Waals surface area contributed by atoms with Crippen LogP contribution in [0.1, 0.15) is 0 Å². The molecule has 0 atom stereocenters. The molecular weight excluding hydrogens is 218 g/mol. The summed E-state index contributed by atoms with van der Waals surface area (Å²) in [6.45, 7) is 4.53. The number of pyridine rings is 1. The maximum atomic E-state index is 4.39. The second kappa shape index (κ2) is 4.03. The molecule has 0 radical (unpaired) electrons. The highest BCUT2D eigenvalue weighted by atomic mass is 32.1. The number of aromatic nitrogens is 1. The normalized spacial score (nSPS) is 18.2. The van der Waals surface area contributed by atoms with E-state index in [1.165, 1.54) is 11.1 Å². The van der Waals surface area contributed by atoms with Crippen LogP contribution in [0, 0.1) is 0 Å². The Morgan fingerprint density at radius 2 is 2.00 bits per heavy atom. The maximum Gasteiger partial charge on any atom is 0.125 e. The van der Waals surface area contributed by atoms with Crippen LogP contribution < -0.4 is 4.90 Å². The fourth-order valence-corrected chi connectivity index (χ4v) is 2.94. The van der Waals surface area contributed by atoms with Gasteiger partial charge in [0.25, 0.3) is 0 Å². The topological polar surface area (TPSA) is 19.4 Å². The van der Waals surface area contributed by atoms with Gasteiger partial charge in [-0.15, -0.1) is 11.3 Å². The minimum absolute atomic E-state index is 1.12. The molecule has 2 aromatic heterocycles. The van der Waals surface area contributed by atoms with Crippen molar-refractivity contribution in [1.29, 1.82) is 0 Å². The van der Waals surface area contributed by atoms with Crippen LogP contribution in [-0.2, 0) is 0 Å². The van der Waals surface area contributed by atoms with Crippen molar-refractivity contribution in [2.75, 3.05) is 38.1 Å². The molecule has 0 aromatic carbocycles. The van der Waals surface area contributed by atoms with E-state index in [2.05, 4.69) is 39.3 Å². The van der Waals surface area contributed by atoms with Gasteiger partial charge in [0.2, 0.25) is 0 Å². The van der Waals surface area contributed by atoms with E-state index in [9.17, 15) is 0 Å². The molecule has 1 saturated heterocycles. The molecule has 0 spiro atoms. The molecule has 1 fully saturated rings. The first-order chi connectivity index (χ1) is 7.84. The summed E-state index contributed by atoms with van der Waals surface area (Å²) < 4.78 is 0. The number of thiophene rings is 1. The highest BCUT2D eigenvalue weighted by molar-refractivity contribution is 7.16. The molecule has 4 heteroatoms. The SMILES string of the molecule is CN1CCN(c2ccnc3sccc23)CC1. The lowest BCUT2D eigenvalue weighted by atomic mass is 10.2. The van der Waals surface area contributed by atoms with Crippen molar-refractivity contribution in [1.82, 2.24) is 9.88 Å². The molecule has 3 rings (SSSR count).